The molecule has 0 spiro atoms. The van der Waals surface area contributed by atoms with Crippen LogP contribution >= 0.6 is 0 Å². The van der Waals surface area contributed by atoms with Gasteiger partial charge in [-0.2, -0.15) is 0 Å². The van der Waals surface area contributed by atoms with Gasteiger partial charge in [-0.25, -0.2) is 0 Å². The van der Waals surface area contributed by atoms with E-state index in [1.807, 2.05) is 0 Å². The van der Waals surface area contributed by atoms with Crippen LogP contribution in [0, 0.1) is 35.0 Å². The number of fused-ring (bicyclic) bond motifs is 2. The minimum Gasteiger partial charge on any atom is -0.316 e. The maximum atomic E-state index is 3.71. The first-order chi connectivity index (χ1) is 9.79. The maximum absolute atomic E-state index is 3.71. The largest absolute Gasteiger partial charge is 0.316 e. The summed E-state index contributed by atoms with van der Waals surface area (Å²) >= 11 is 0. The highest BCUT2D eigenvalue weighted by Gasteiger charge is 2.54. The van der Waals surface area contributed by atoms with Gasteiger partial charge in [-0.05, 0) is 93.0 Å². The third-order valence-corrected chi connectivity index (χ3v) is 7.57. The summed E-state index contributed by atoms with van der Waals surface area (Å²) < 4.78 is 0. The first kappa shape index (κ1) is 12.5. The highest BCUT2D eigenvalue weighted by molar-refractivity contribution is 5.05. The molecule has 6 rings (SSSR count). The van der Waals surface area contributed by atoms with Crippen molar-refractivity contribution in [3.8, 4) is 0 Å². The van der Waals surface area contributed by atoms with Gasteiger partial charge in [-0.1, -0.05) is 0 Å². The van der Waals surface area contributed by atoms with E-state index in [0.29, 0.717) is 0 Å². The normalized spacial score (nSPS) is 57.6. The molecule has 1 N–H and O–H groups in total. The second-order valence-electron chi connectivity index (χ2n) is 9.07. The lowest BCUT2D eigenvalue weighted by Gasteiger charge is -2.61. The van der Waals surface area contributed by atoms with Crippen LogP contribution in [-0.2, 0) is 0 Å². The van der Waals surface area contributed by atoms with Crippen molar-refractivity contribution in [3.63, 3.8) is 0 Å². The molecule has 4 saturated heterocycles. The molecular weight excluding hydrogens is 244 g/mol. The monoisotopic (exact) mass is 274 g/mol. The van der Waals surface area contributed by atoms with E-state index < -0.39 is 0 Å². The molecule has 2 saturated carbocycles. The predicted octanol–water partition coefficient (Wildman–Crippen LogP) is 2.74. The van der Waals surface area contributed by atoms with Gasteiger partial charge in [0.25, 0.3) is 0 Å². The average Bonchev–Trinajstić information content (AvgIpc) is 2.56. The Hall–Kier alpha value is -0.0800. The zero-order valence-electron chi connectivity index (χ0n) is 12.8. The zero-order chi connectivity index (χ0) is 13.2. The maximum Gasteiger partial charge on any atom is 0.00411 e. The predicted molar refractivity (Wildman–Crippen MR) is 81.5 cm³/mol. The van der Waals surface area contributed by atoms with Gasteiger partial charge in [0.05, 0.1) is 0 Å². The molecule has 0 radical (unpaired) electrons. The lowest BCUT2D eigenvalue weighted by Crippen LogP contribution is -2.61. The van der Waals surface area contributed by atoms with E-state index in [0.717, 1.165) is 35.0 Å². The van der Waals surface area contributed by atoms with Crippen LogP contribution in [0.4, 0.5) is 0 Å². The average molecular weight is 274 g/mol. The van der Waals surface area contributed by atoms with Crippen LogP contribution in [0.3, 0.4) is 0 Å². The summed E-state index contributed by atoms with van der Waals surface area (Å²) in [5, 5.41) is 3.71. The summed E-state index contributed by atoms with van der Waals surface area (Å²) in [7, 11) is 0. The summed E-state index contributed by atoms with van der Waals surface area (Å²) in [5.41, 5.74) is 0.752. The fourth-order valence-electron chi connectivity index (χ4n) is 7.16. The van der Waals surface area contributed by atoms with E-state index in [2.05, 4.69) is 10.2 Å². The van der Waals surface area contributed by atoms with Crippen LogP contribution < -0.4 is 5.32 Å². The van der Waals surface area contributed by atoms with Gasteiger partial charge in [-0.3, -0.25) is 0 Å². The van der Waals surface area contributed by atoms with Gasteiger partial charge >= 0.3 is 0 Å². The Balaban J connectivity index is 1.41. The molecule has 2 nitrogen and oxygen atoms in total. The molecule has 6 aliphatic rings. The minimum absolute atomic E-state index is 0.752. The Morgan fingerprint density at radius 3 is 2.35 bits per heavy atom. The molecular formula is C18H30N2. The van der Waals surface area contributed by atoms with E-state index in [4.69, 9.17) is 0 Å². The quantitative estimate of drug-likeness (QED) is 0.791. The highest BCUT2D eigenvalue weighted by atomic mass is 15.2. The second kappa shape index (κ2) is 4.46. The van der Waals surface area contributed by atoms with Gasteiger partial charge in [0.15, 0.2) is 0 Å². The Kier molecular flexibility index (Phi) is 2.78. The Bertz CT molecular complexity index is 356. The molecule has 6 fully saturated rings. The molecule has 0 aromatic carbocycles. The van der Waals surface area contributed by atoms with Crippen molar-refractivity contribution in [2.75, 3.05) is 32.7 Å². The molecule has 0 amide bonds. The van der Waals surface area contributed by atoms with E-state index in [-0.39, 0.29) is 0 Å². The third kappa shape index (κ3) is 1.90. The molecule has 6 bridgehead atoms. The van der Waals surface area contributed by atoms with E-state index in [1.165, 1.54) is 45.6 Å². The lowest BCUT2D eigenvalue weighted by molar-refractivity contribution is -0.113. The molecule has 5 atom stereocenters. The SMILES string of the molecule is C1CC(C23CC4CC(CN(C4)C2)C3)CC2CNCC1C2. The molecule has 5 unspecified atom stereocenters. The number of hydrogen-bond donors (Lipinski definition) is 1. The topological polar surface area (TPSA) is 15.3 Å². The summed E-state index contributed by atoms with van der Waals surface area (Å²) in [6.45, 7) is 6.99. The van der Waals surface area contributed by atoms with Crippen LogP contribution in [-0.4, -0.2) is 37.6 Å². The molecule has 0 aromatic heterocycles. The van der Waals surface area contributed by atoms with Crippen molar-refractivity contribution in [1.29, 1.82) is 0 Å². The molecule has 4 heterocycles. The van der Waals surface area contributed by atoms with Crippen molar-refractivity contribution < 1.29 is 0 Å². The van der Waals surface area contributed by atoms with Crippen molar-refractivity contribution in [3.05, 3.63) is 0 Å². The lowest BCUT2D eigenvalue weighted by atomic mass is 9.53. The first-order valence-electron chi connectivity index (χ1n) is 9.22. The Labute approximate surface area is 123 Å². The van der Waals surface area contributed by atoms with Crippen molar-refractivity contribution in [2.45, 2.75) is 44.9 Å². The van der Waals surface area contributed by atoms with E-state index in [9.17, 15) is 0 Å². The van der Waals surface area contributed by atoms with Gasteiger partial charge in [0.2, 0.25) is 0 Å². The van der Waals surface area contributed by atoms with E-state index in [1.54, 1.807) is 32.1 Å². The van der Waals surface area contributed by atoms with Crippen molar-refractivity contribution in [2.24, 2.45) is 35.0 Å². The highest BCUT2D eigenvalue weighted by Crippen LogP contribution is 2.57. The second-order valence-corrected chi connectivity index (χ2v) is 9.07. The number of rotatable bonds is 1. The molecule has 4 aliphatic heterocycles. The van der Waals surface area contributed by atoms with Crippen LogP contribution in [0.2, 0.25) is 0 Å². The minimum atomic E-state index is 0.752. The van der Waals surface area contributed by atoms with Crippen LogP contribution in [0.5, 0.6) is 0 Å². The first-order valence-corrected chi connectivity index (χ1v) is 9.22. The molecule has 2 aliphatic carbocycles. The van der Waals surface area contributed by atoms with Crippen LogP contribution in [0.1, 0.15) is 44.9 Å². The van der Waals surface area contributed by atoms with Gasteiger partial charge < -0.3 is 10.2 Å². The third-order valence-electron chi connectivity index (χ3n) is 7.57. The van der Waals surface area contributed by atoms with E-state index >= 15 is 0 Å². The van der Waals surface area contributed by atoms with Crippen molar-refractivity contribution >= 4 is 0 Å². The molecule has 2 heteroatoms. The number of hydrogen-bond acceptors (Lipinski definition) is 2. The van der Waals surface area contributed by atoms with Gasteiger partial charge in [0, 0.05) is 19.6 Å². The smallest absolute Gasteiger partial charge is 0.00411 e. The molecule has 0 aromatic rings. The van der Waals surface area contributed by atoms with Crippen LogP contribution in [0.15, 0.2) is 0 Å². The number of nitrogens with zero attached hydrogens (tertiary/aromatic N) is 1. The Morgan fingerprint density at radius 1 is 0.800 bits per heavy atom. The van der Waals surface area contributed by atoms with Gasteiger partial charge in [0.1, 0.15) is 0 Å². The summed E-state index contributed by atoms with van der Waals surface area (Å²) in [4.78, 5) is 2.85. The summed E-state index contributed by atoms with van der Waals surface area (Å²) in [5.74, 6) is 5.21. The molecule has 112 valence electrons. The number of nitrogens with one attached hydrogen (secondary N) is 1. The fraction of sp³-hybridized carbons (Fsp3) is 1.00. The van der Waals surface area contributed by atoms with Crippen molar-refractivity contribution in [1.82, 2.24) is 10.2 Å². The fourth-order valence-corrected chi connectivity index (χ4v) is 7.16. The summed E-state index contributed by atoms with van der Waals surface area (Å²) in [6, 6.07) is 0. The number of piperidine rings is 4. The zero-order valence-corrected chi connectivity index (χ0v) is 12.8. The summed E-state index contributed by atoms with van der Waals surface area (Å²) in [6.07, 6.45) is 10.9. The van der Waals surface area contributed by atoms with Gasteiger partial charge in [-0.15, -0.1) is 0 Å². The van der Waals surface area contributed by atoms with Crippen LogP contribution in [0.25, 0.3) is 0 Å². The standard InChI is InChI=1S/C18H30N2/c1-2-17(5-14-3-13(1)8-19-9-14)18-6-15-4-16(7-18)11-20(10-15)12-18/h13-17,19H,1-12H2. The Morgan fingerprint density at radius 2 is 1.55 bits per heavy atom. The molecule has 20 heavy (non-hydrogen) atoms.